The Labute approximate surface area is 75.8 Å². The van der Waals surface area contributed by atoms with Gasteiger partial charge in [-0.05, 0) is 6.42 Å². The second kappa shape index (κ2) is 4.59. The zero-order valence-electron chi connectivity index (χ0n) is 7.75. The van der Waals surface area contributed by atoms with Gasteiger partial charge in [0.2, 0.25) is 0 Å². The van der Waals surface area contributed by atoms with E-state index in [9.17, 15) is 0 Å². The molecule has 0 aliphatic carbocycles. The van der Waals surface area contributed by atoms with Crippen LogP contribution in [0.3, 0.4) is 0 Å². The van der Waals surface area contributed by atoms with Crippen molar-refractivity contribution in [2.24, 2.45) is 0 Å². The molecular formula is C8H14B2O2. The smallest absolute Gasteiger partial charge is 0.139 e. The Bertz CT molecular complexity index is 178. The first kappa shape index (κ1) is 9.70. The molecule has 0 amide bonds. The van der Waals surface area contributed by atoms with E-state index in [-0.39, 0.29) is 12.2 Å². The predicted molar refractivity (Wildman–Crippen MR) is 53.7 cm³/mol. The largest absolute Gasteiger partial charge is 0.382 e. The van der Waals surface area contributed by atoms with Crippen LogP contribution in [0.15, 0.2) is 0 Å². The molecule has 1 rings (SSSR count). The third-order valence-electron chi connectivity index (χ3n) is 2.17. The molecule has 3 atom stereocenters. The first-order valence-corrected chi connectivity index (χ1v) is 4.48. The van der Waals surface area contributed by atoms with E-state index in [0.717, 1.165) is 12.7 Å². The average molecular weight is 164 g/mol. The number of rotatable bonds is 3. The maximum atomic E-state index is 5.63. The van der Waals surface area contributed by atoms with E-state index in [1.165, 1.54) is 0 Å². The van der Waals surface area contributed by atoms with E-state index in [4.69, 9.17) is 15.9 Å². The molecule has 0 aromatic rings. The Kier molecular flexibility index (Phi) is 3.71. The number of hydrogen-bond acceptors (Lipinski definition) is 2. The monoisotopic (exact) mass is 164 g/mol. The van der Waals surface area contributed by atoms with E-state index in [2.05, 4.69) is 21.6 Å². The van der Waals surface area contributed by atoms with Crippen LogP contribution in [0.5, 0.6) is 0 Å². The molecule has 1 fully saturated rings. The molecule has 1 aliphatic rings. The Hall–Kier alpha value is -0.390. The lowest BCUT2D eigenvalue weighted by Gasteiger charge is -2.15. The highest BCUT2D eigenvalue weighted by Crippen LogP contribution is 2.23. The van der Waals surface area contributed by atoms with E-state index in [1.54, 1.807) is 0 Å². The molecule has 0 saturated carbocycles. The summed E-state index contributed by atoms with van der Waals surface area (Å²) in [5, 5.41) is 0. The van der Waals surface area contributed by atoms with Crippen LogP contribution in [0.1, 0.15) is 6.42 Å². The summed E-state index contributed by atoms with van der Waals surface area (Å²) < 4.78 is 11.1. The van der Waals surface area contributed by atoms with Crippen LogP contribution in [0.4, 0.5) is 0 Å². The predicted octanol–water partition coefficient (Wildman–Crippen LogP) is -1.20. The molecule has 3 unspecified atom stereocenters. The summed E-state index contributed by atoms with van der Waals surface area (Å²) >= 11 is 0. The maximum absolute atomic E-state index is 5.63. The fraction of sp³-hybridized carbons (Fsp3) is 0.750. The Morgan fingerprint density at radius 1 is 1.67 bits per heavy atom. The lowest BCUT2D eigenvalue weighted by atomic mass is 9.92. The van der Waals surface area contributed by atoms with Gasteiger partial charge in [0.05, 0.1) is 12.2 Å². The van der Waals surface area contributed by atoms with Gasteiger partial charge >= 0.3 is 0 Å². The highest BCUT2D eigenvalue weighted by Gasteiger charge is 2.31. The van der Waals surface area contributed by atoms with Crippen LogP contribution in [0.2, 0.25) is 6.32 Å². The highest BCUT2D eigenvalue weighted by atomic mass is 16.6. The van der Waals surface area contributed by atoms with Crippen LogP contribution >= 0.6 is 0 Å². The lowest BCUT2D eigenvalue weighted by molar-refractivity contribution is 0.00970. The van der Waals surface area contributed by atoms with Gasteiger partial charge < -0.3 is 9.47 Å². The maximum Gasteiger partial charge on any atom is 0.139 e. The van der Waals surface area contributed by atoms with Crippen molar-refractivity contribution in [3.05, 3.63) is 0 Å². The minimum atomic E-state index is 0.209. The Morgan fingerprint density at radius 3 is 3.00 bits per heavy atom. The SMILES string of the molecule is BCC1OC(B)CC1OCC#C. The molecule has 0 aromatic carbocycles. The molecule has 1 aliphatic heterocycles. The van der Waals surface area contributed by atoms with Crippen molar-refractivity contribution < 1.29 is 9.47 Å². The van der Waals surface area contributed by atoms with Crippen LogP contribution < -0.4 is 0 Å². The Balaban J connectivity index is 2.36. The first-order chi connectivity index (χ1) is 5.77. The summed E-state index contributed by atoms with van der Waals surface area (Å²) in [7, 11) is 4.18. The van der Waals surface area contributed by atoms with Crippen molar-refractivity contribution in [2.45, 2.75) is 31.0 Å². The average Bonchev–Trinajstić information content (AvgIpc) is 2.42. The minimum Gasteiger partial charge on any atom is -0.382 e. The quantitative estimate of drug-likeness (QED) is 0.385. The highest BCUT2D eigenvalue weighted by molar-refractivity contribution is 6.11. The summed E-state index contributed by atoms with van der Waals surface area (Å²) in [5.74, 6) is 2.48. The van der Waals surface area contributed by atoms with Crippen molar-refractivity contribution >= 4 is 15.7 Å². The molecular weight excluding hydrogens is 150 g/mol. The van der Waals surface area contributed by atoms with Crippen molar-refractivity contribution in [1.29, 1.82) is 0 Å². The van der Waals surface area contributed by atoms with E-state index >= 15 is 0 Å². The molecule has 0 spiro atoms. The molecule has 64 valence electrons. The molecule has 2 nitrogen and oxygen atoms in total. The fourth-order valence-electron chi connectivity index (χ4n) is 1.61. The van der Waals surface area contributed by atoms with Crippen molar-refractivity contribution in [3.63, 3.8) is 0 Å². The Morgan fingerprint density at radius 2 is 2.42 bits per heavy atom. The van der Waals surface area contributed by atoms with E-state index in [0.29, 0.717) is 12.6 Å². The normalized spacial score (nSPS) is 34.8. The molecule has 1 heterocycles. The molecule has 0 N–H and O–H groups in total. The summed E-state index contributed by atoms with van der Waals surface area (Å²) in [4.78, 5) is 0. The van der Waals surface area contributed by atoms with Gasteiger partial charge in [-0.15, -0.1) is 6.42 Å². The number of terminal acetylenes is 1. The molecule has 0 radical (unpaired) electrons. The van der Waals surface area contributed by atoms with Crippen LogP contribution in [0.25, 0.3) is 0 Å². The zero-order valence-corrected chi connectivity index (χ0v) is 7.75. The topological polar surface area (TPSA) is 18.5 Å². The summed E-state index contributed by atoms with van der Waals surface area (Å²) in [5.41, 5.74) is 0. The standard InChI is InChI=1S/C8H14B2O2/c1-2-3-11-6-4-8(10)12-7(6)5-9/h1,6-8H,3-5,9-10H2. The molecule has 0 bridgehead atoms. The van der Waals surface area contributed by atoms with Gasteiger partial charge in [-0.25, -0.2) is 0 Å². The van der Waals surface area contributed by atoms with Gasteiger partial charge in [0.15, 0.2) is 0 Å². The number of ether oxygens (including phenoxy) is 2. The fourth-order valence-corrected chi connectivity index (χ4v) is 1.61. The van der Waals surface area contributed by atoms with Crippen molar-refractivity contribution in [2.75, 3.05) is 6.61 Å². The van der Waals surface area contributed by atoms with E-state index < -0.39 is 0 Å². The van der Waals surface area contributed by atoms with Gasteiger partial charge in [0, 0.05) is 6.00 Å². The third-order valence-corrected chi connectivity index (χ3v) is 2.17. The molecule has 0 aromatic heterocycles. The first-order valence-electron chi connectivity index (χ1n) is 4.48. The molecule has 4 heteroatoms. The van der Waals surface area contributed by atoms with E-state index in [1.807, 2.05) is 0 Å². The summed E-state index contributed by atoms with van der Waals surface area (Å²) in [6.07, 6.45) is 7.54. The van der Waals surface area contributed by atoms with Crippen molar-refractivity contribution in [1.82, 2.24) is 0 Å². The summed E-state index contributed by atoms with van der Waals surface area (Å²) in [6.45, 7) is 0.400. The second-order valence-corrected chi connectivity index (χ2v) is 3.18. The lowest BCUT2D eigenvalue weighted by Crippen LogP contribution is -2.24. The van der Waals surface area contributed by atoms with Crippen LogP contribution in [0, 0.1) is 12.3 Å². The van der Waals surface area contributed by atoms with Gasteiger partial charge in [-0.2, -0.15) is 0 Å². The van der Waals surface area contributed by atoms with Crippen molar-refractivity contribution in [3.8, 4) is 12.3 Å². The molecule has 12 heavy (non-hydrogen) atoms. The van der Waals surface area contributed by atoms with Gasteiger partial charge in [-0.1, -0.05) is 12.2 Å². The number of hydrogen-bond donors (Lipinski definition) is 0. The van der Waals surface area contributed by atoms with Crippen LogP contribution in [-0.2, 0) is 9.47 Å². The second-order valence-electron chi connectivity index (χ2n) is 3.18. The van der Waals surface area contributed by atoms with Gasteiger partial charge in [0.25, 0.3) is 0 Å². The molecule has 1 saturated heterocycles. The zero-order chi connectivity index (χ0) is 8.97. The van der Waals surface area contributed by atoms with Crippen LogP contribution in [-0.4, -0.2) is 40.5 Å². The van der Waals surface area contributed by atoms with Gasteiger partial charge in [0.1, 0.15) is 22.3 Å². The minimum absolute atomic E-state index is 0.209. The van der Waals surface area contributed by atoms with Gasteiger partial charge in [-0.3, -0.25) is 0 Å². The summed E-state index contributed by atoms with van der Waals surface area (Å²) in [6, 6.07) is 0.317. The third kappa shape index (κ3) is 2.30.